The maximum absolute atomic E-state index is 13.4. The quantitative estimate of drug-likeness (QED) is 0.721. The molecule has 3 atom stereocenters. The SMILES string of the molecule is C[C@H]1[C@H]2C[C@H]2c2nc3cc(F)c(Br)cc3n21. The molecule has 0 amide bonds. The first-order chi connectivity index (χ1) is 7.66. The number of hydrogen-bond donors (Lipinski definition) is 0. The van der Waals surface area contributed by atoms with E-state index in [4.69, 9.17) is 0 Å². The van der Waals surface area contributed by atoms with Gasteiger partial charge in [0.1, 0.15) is 11.6 Å². The summed E-state index contributed by atoms with van der Waals surface area (Å²) in [6.45, 7) is 2.24. The van der Waals surface area contributed by atoms with Gasteiger partial charge in [0, 0.05) is 18.0 Å². The van der Waals surface area contributed by atoms with Crippen LogP contribution in [0.25, 0.3) is 11.0 Å². The molecule has 0 saturated heterocycles. The number of aromatic nitrogens is 2. The Balaban J connectivity index is 2.08. The molecule has 2 aromatic rings. The summed E-state index contributed by atoms with van der Waals surface area (Å²) in [4.78, 5) is 4.57. The third kappa shape index (κ3) is 0.943. The van der Waals surface area contributed by atoms with Crippen LogP contribution in [0.5, 0.6) is 0 Å². The van der Waals surface area contributed by atoms with Gasteiger partial charge in [0.25, 0.3) is 0 Å². The van der Waals surface area contributed by atoms with E-state index in [1.54, 1.807) is 0 Å². The van der Waals surface area contributed by atoms with E-state index in [1.807, 2.05) is 6.07 Å². The Morgan fingerprint density at radius 1 is 1.50 bits per heavy atom. The van der Waals surface area contributed by atoms with Gasteiger partial charge >= 0.3 is 0 Å². The molecular formula is C12H10BrFN2. The first kappa shape index (κ1) is 9.16. The zero-order chi connectivity index (χ0) is 11.0. The lowest BCUT2D eigenvalue weighted by atomic mass is 10.2. The predicted molar refractivity (Wildman–Crippen MR) is 63.0 cm³/mol. The van der Waals surface area contributed by atoms with Crippen LogP contribution in [0.1, 0.15) is 31.1 Å². The zero-order valence-corrected chi connectivity index (χ0v) is 10.3. The van der Waals surface area contributed by atoms with Crippen molar-refractivity contribution in [2.24, 2.45) is 5.92 Å². The highest BCUT2D eigenvalue weighted by Gasteiger charge is 2.52. The summed E-state index contributed by atoms with van der Waals surface area (Å²) in [5.41, 5.74) is 1.84. The second-order valence-electron chi connectivity index (χ2n) is 4.84. The Morgan fingerprint density at radius 2 is 2.31 bits per heavy atom. The summed E-state index contributed by atoms with van der Waals surface area (Å²) in [6.07, 6.45) is 1.26. The van der Waals surface area contributed by atoms with Gasteiger partial charge < -0.3 is 4.57 Å². The van der Waals surface area contributed by atoms with E-state index in [0.29, 0.717) is 16.4 Å². The fourth-order valence-electron chi connectivity index (χ4n) is 3.03. The van der Waals surface area contributed by atoms with E-state index in [9.17, 15) is 4.39 Å². The smallest absolute Gasteiger partial charge is 0.139 e. The van der Waals surface area contributed by atoms with Gasteiger partial charge in [-0.05, 0) is 41.3 Å². The monoisotopic (exact) mass is 280 g/mol. The molecule has 4 rings (SSSR count). The standard InChI is InChI=1S/C12H10BrFN2/c1-5-6-2-7(6)12-15-10-4-9(14)8(13)3-11(10)16(5)12/h3-7H,2H2,1H3/t5-,6+,7+/m0/s1. The third-order valence-corrected chi connectivity index (χ3v) is 4.56. The molecule has 2 aliphatic rings. The van der Waals surface area contributed by atoms with Gasteiger partial charge in [-0.25, -0.2) is 9.37 Å². The zero-order valence-electron chi connectivity index (χ0n) is 8.74. The molecule has 0 radical (unpaired) electrons. The summed E-state index contributed by atoms with van der Waals surface area (Å²) in [5.74, 6) is 2.33. The number of hydrogen-bond acceptors (Lipinski definition) is 1. The molecule has 16 heavy (non-hydrogen) atoms. The van der Waals surface area contributed by atoms with E-state index in [2.05, 4.69) is 32.4 Å². The van der Waals surface area contributed by atoms with Crippen LogP contribution in [0.15, 0.2) is 16.6 Å². The molecule has 82 valence electrons. The summed E-state index contributed by atoms with van der Waals surface area (Å²) < 4.78 is 16.2. The van der Waals surface area contributed by atoms with Crippen molar-refractivity contribution in [2.75, 3.05) is 0 Å². The molecule has 1 saturated carbocycles. The maximum Gasteiger partial charge on any atom is 0.139 e. The van der Waals surface area contributed by atoms with E-state index < -0.39 is 0 Å². The lowest BCUT2D eigenvalue weighted by Gasteiger charge is -2.11. The van der Waals surface area contributed by atoms with Crippen molar-refractivity contribution in [3.63, 3.8) is 0 Å². The van der Waals surface area contributed by atoms with Crippen LogP contribution < -0.4 is 0 Å². The van der Waals surface area contributed by atoms with Gasteiger partial charge in [-0.1, -0.05) is 0 Å². The largest absolute Gasteiger partial charge is 0.325 e. The predicted octanol–water partition coefficient (Wildman–Crippen LogP) is 3.62. The van der Waals surface area contributed by atoms with Crippen LogP contribution in [-0.4, -0.2) is 9.55 Å². The molecule has 1 fully saturated rings. The topological polar surface area (TPSA) is 17.8 Å². The van der Waals surface area contributed by atoms with Crippen LogP contribution in [0.2, 0.25) is 0 Å². The minimum Gasteiger partial charge on any atom is -0.325 e. The Morgan fingerprint density at radius 3 is 3.12 bits per heavy atom. The Hall–Kier alpha value is -0.900. The fraction of sp³-hybridized carbons (Fsp3) is 0.417. The molecule has 4 heteroatoms. The van der Waals surface area contributed by atoms with Gasteiger partial charge in [0.15, 0.2) is 0 Å². The second kappa shape index (κ2) is 2.67. The molecule has 0 bridgehead atoms. The molecule has 0 spiro atoms. The highest BCUT2D eigenvalue weighted by atomic mass is 79.9. The minimum absolute atomic E-state index is 0.232. The average Bonchev–Trinajstić information content (AvgIpc) is 2.89. The van der Waals surface area contributed by atoms with E-state index in [0.717, 1.165) is 22.8 Å². The molecule has 1 aliphatic heterocycles. The molecule has 1 aromatic heterocycles. The molecule has 0 unspecified atom stereocenters. The number of rotatable bonds is 0. The van der Waals surface area contributed by atoms with Crippen molar-refractivity contribution in [3.8, 4) is 0 Å². The molecular weight excluding hydrogens is 271 g/mol. The van der Waals surface area contributed by atoms with Crippen LogP contribution in [-0.2, 0) is 0 Å². The van der Waals surface area contributed by atoms with Crippen molar-refractivity contribution >= 4 is 27.0 Å². The van der Waals surface area contributed by atoms with Crippen molar-refractivity contribution in [3.05, 3.63) is 28.2 Å². The van der Waals surface area contributed by atoms with Crippen LogP contribution in [0.3, 0.4) is 0 Å². The summed E-state index contributed by atoms with van der Waals surface area (Å²) in [6, 6.07) is 3.89. The molecule has 1 aliphatic carbocycles. The van der Waals surface area contributed by atoms with Crippen molar-refractivity contribution < 1.29 is 4.39 Å². The van der Waals surface area contributed by atoms with E-state index >= 15 is 0 Å². The molecule has 2 heterocycles. The number of fused-ring (bicyclic) bond motifs is 5. The van der Waals surface area contributed by atoms with Gasteiger partial charge in [-0.15, -0.1) is 0 Å². The highest BCUT2D eigenvalue weighted by molar-refractivity contribution is 9.10. The minimum atomic E-state index is -0.232. The molecule has 0 N–H and O–H groups in total. The van der Waals surface area contributed by atoms with Crippen molar-refractivity contribution in [1.82, 2.24) is 9.55 Å². The summed E-state index contributed by atoms with van der Waals surface area (Å²) in [7, 11) is 0. The Bertz CT molecular complexity index is 619. The van der Waals surface area contributed by atoms with Crippen molar-refractivity contribution in [1.29, 1.82) is 0 Å². The van der Waals surface area contributed by atoms with Gasteiger partial charge in [0.05, 0.1) is 15.5 Å². The van der Waals surface area contributed by atoms with Gasteiger partial charge in [-0.3, -0.25) is 0 Å². The lowest BCUT2D eigenvalue weighted by Crippen LogP contribution is -2.03. The third-order valence-electron chi connectivity index (χ3n) is 3.96. The maximum atomic E-state index is 13.4. The first-order valence-corrected chi connectivity index (χ1v) is 6.33. The van der Waals surface area contributed by atoms with Crippen LogP contribution >= 0.6 is 15.9 Å². The number of benzene rings is 1. The fourth-order valence-corrected chi connectivity index (χ4v) is 3.37. The Kier molecular flexibility index (Phi) is 1.53. The highest BCUT2D eigenvalue weighted by Crippen LogP contribution is 2.59. The number of imidazole rings is 1. The normalized spacial score (nSPS) is 30.6. The lowest BCUT2D eigenvalue weighted by molar-refractivity contribution is 0.531. The van der Waals surface area contributed by atoms with Crippen LogP contribution in [0.4, 0.5) is 4.39 Å². The van der Waals surface area contributed by atoms with Gasteiger partial charge in [-0.2, -0.15) is 0 Å². The van der Waals surface area contributed by atoms with E-state index in [1.165, 1.54) is 12.5 Å². The first-order valence-electron chi connectivity index (χ1n) is 5.53. The Labute approximate surface area is 101 Å². The number of halogens is 2. The summed E-state index contributed by atoms with van der Waals surface area (Å²) in [5, 5.41) is 0. The van der Waals surface area contributed by atoms with Crippen LogP contribution in [0, 0.1) is 11.7 Å². The summed E-state index contributed by atoms with van der Waals surface area (Å²) >= 11 is 3.24. The van der Waals surface area contributed by atoms with Crippen molar-refractivity contribution in [2.45, 2.75) is 25.3 Å². The van der Waals surface area contributed by atoms with Gasteiger partial charge in [0.2, 0.25) is 0 Å². The number of nitrogens with zero attached hydrogens (tertiary/aromatic N) is 2. The second-order valence-corrected chi connectivity index (χ2v) is 5.70. The molecule has 1 aromatic carbocycles. The van der Waals surface area contributed by atoms with E-state index in [-0.39, 0.29) is 5.82 Å². The average molecular weight is 281 g/mol. The molecule has 2 nitrogen and oxygen atoms in total.